The van der Waals surface area contributed by atoms with Crippen molar-refractivity contribution in [1.82, 2.24) is 5.43 Å². The van der Waals surface area contributed by atoms with Crippen molar-refractivity contribution in [3.05, 3.63) is 87.4 Å². The number of halogens is 2. The minimum atomic E-state index is -0.845. The molecule has 3 aromatic rings. The number of ether oxygens (including phenoxy) is 3. The van der Waals surface area contributed by atoms with Crippen molar-refractivity contribution in [3.63, 3.8) is 0 Å². The Hall–Kier alpha value is -3.36. The van der Waals surface area contributed by atoms with Gasteiger partial charge in [0.25, 0.3) is 5.91 Å². The van der Waals surface area contributed by atoms with E-state index in [0.29, 0.717) is 17.1 Å². The molecule has 162 valence electrons. The van der Waals surface area contributed by atoms with Gasteiger partial charge in [0.2, 0.25) is 6.10 Å². The second kappa shape index (κ2) is 9.84. The highest BCUT2D eigenvalue weighted by molar-refractivity contribution is 9.10. The first-order valence-electron chi connectivity index (χ1n) is 9.49. The van der Waals surface area contributed by atoms with E-state index >= 15 is 0 Å². The van der Waals surface area contributed by atoms with Crippen molar-refractivity contribution in [2.24, 2.45) is 5.10 Å². The number of carbonyl (C=O) groups excluding carboxylic acids is 2. The molecule has 1 amide bonds. The van der Waals surface area contributed by atoms with E-state index in [9.17, 15) is 9.59 Å². The van der Waals surface area contributed by atoms with Gasteiger partial charge in [0, 0.05) is 10.0 Å². The summed E-state index contributed by atoms with van der Waals surface area (Å²) in [5.74, 6) is 0.244. The van der Waals surface area contributed by atoms with Crippen molar-refractivity contribution >= 4 is 45.6 Å². The number of nitrogens with zero attached hydrogens (tertiary/aromatic N) is 1. The van der Waals surface area contributed by atoms with Gasteiger partial charge in [-0.25, -0.2) is 10.2 Å². The van der Waals surface area contributed by atoms with Crippen LogP contribution in [0.1, 0.15) is 15.9 Å². The summed E-state index contributed by atoms with van der Waals surface area (Å²) >= 11 is 9.44. The number of amides is 1. The van der Waals surface area contributed by atoms with Gasteiger partial charge in [0.1, 0.15) is 12.4 Å². The van der Waals surface area contributed by atoms with Crippen LogP contribution in [0.4, 0.5) is 0 Å². The second-order valence-electron chi connectivity index (χ2n) is 6.65. The zero-order valence-electron chi connectivity index (χ0n) is 16.5. The van der Waals surface area contributed by atoms with Crippen molar-refractivity contribution in [3.8, 4) is 17.2 Å². The summed E-state index contributed by atoms with van der Waals surface area (Å²) in [6, 6.07) is 18.7. The van der Waals surface area contributed by atoms with E-state index in [1.54, 1.807) is 60.7 Å². The molecule has 9 heteroatoms. The zero-order chi connectivity index (χ0) is 22.5. The van der Waals surface area contributed by atoms with Gasteiger partial charge in [-0.3, -0.25) is 4.79 Å². The predicted molar refractivity (Wildman–Crippen MR) is 123 cm³/mol. The lowest BCUT2D eigenvalue weighted by molar-refractivity contribution is -0.130. The molecule has 32 heavy (non-hydrogen) atoms. The Morgan fingerprint density at radius 3 is 2.66 bits per heavy atom. The van der Waals surface area contributed by atoms with E-state index in [-0.39, 0.29) is 22.9 Å². The lowest BCUT2D eigenvalue weighted by Crippen LogP contribution is -2.42. The minimum Gasteiger partial charge on any atom is -0.485 e. The van der Waals surface area contributed by atoms with Crippen LogP contribution >= 0.6 is 27.5 Å². The van der Waals surface area contributed by atoms with Gasteiger partial charge in [0.05, 0.1) is 16.8 Å². The Labute approximate surface area is 197 Å². The van der Waals surface area contributed by atoms with Crippen LogP contribution in [0.3, 0.4) is 0 Å². The summed E-state index contributed by atoms with van der Waals surface area (Å²) in [5, 5.41) is 4.26. The number of hydrazone groups is 1. The molecule has 3 aromatic carbocycles. The van der Waals surface area contributed by atoms with Crippen LogP contribution in [-0.2, 0) is 4.79 Å². The van der Waals surface area contributed by atoms with Gasteiger partial charge < -0.3 is 14.2 Å². The molecule has 0 radical (unpaired) electrons. The third-order valence-corrected chi connectivity index (χ3v) is 5.27. The van der Waals surface area contributed by atoms with E-state index < -0.39 is 18.0 Å². The first-order valence-corrected chi connectivity index (χ1v) is 10.7. The van der Waals surface area contributed by atoms with Gasteiger partial charge in [-0.1, -0.05) is 51.8 Å². The summed E-state index contributed by atoms with van der Waals surface area (Å²) < 4.78 is 17.4. The quantitative estimate of drug-likeness (QED) is 0.232. The monoisotopic (exact) mass is 514 g/mol. The maximum absolute atomic E-state index is 12.5. The lowest BCUT2D eigenvalue weighted by Gasteiger charge is -2.24. The van der Waals surface area contributed by atoms with E-state index in [1.807, 2.05) is 6.07 Å². The van der Waals surface area contributed by atoms with Crippen molar-refractivity contribution in [2.75, 3.05) is 6.61 Å². The van der Waals surface area contributed by atoms with E-state index in [0.717, 1.165) is 4.47 Å². The summed E-state index contributed by atoms with van der Waals surface area (Å²) in [4.78, 5) is 24.9. The van der Waals surface area contributed by atoms with E-state index in [2.05, 4.69) is 26.5 Å². The number of hydrogen-bond donors (Lipinski definition) is 1. The fraction of sp³-hybridized carbons (Fsp3) is 0.0870. The smallest absolute Gasteiger partial charge is 0.345 e. The molecule has 0 saturated carbocycles. The molecule has 0 fully saturated rings. The summed E-state index contributed by atoms with van der Waals surface area (Å²) in [7, 11) is 0. The molecular formula is C23H16BrClN2O5. The van der Waals surface area contributed by atoms with Crippen LogP contribution in [0.15, 0.2) is 76.3 Å². The molecule has 1 aliphatic heterocycles. The molecule has 7 nitrogen and oxygen atoms in total. The van der Waals surface area contributed by atoms with Crippen LogP contribution in [0.25, 0.3) is 0 Å². The number of carbonyl (C=O) groups is 2. The molecule has 0 spiro atoms. The second-order valence-corrected chi connectivity index (χ2v) is 7.97. The molecule has 0 saturated heterocycles. The number of hydrogen-bond acceptors (Lipinski definition) is 6. The largest absolute Gasteiger partial charge is 0.485 e. The van der Waals surface area contributed by atoms with Crippen molar-refractivity contribution < 1.29 is 23.8 Å². The molecule has 1 heterocycles. The number of benzene rings is 3. The molecule has 0 aliphatic carbocycles. The predicted octanol–water partition coefficient (Wildman–Crippen LogP) is 4.61. The first kappa shape index (κ1) is 21.9. The fourth-order valence-electron chi connectivity index (χ4n) is 2.88. The average molecular weight is 516 g/mol. The number of fused-ring (bicyclic) bond motifs is 1. The van der Waals surface area contributed by atoms with E-state index in [4.69, 9.17) is 25.8 Å². The highest BCUT2D eigenvalue weighted by Gasteiger charge is 2.27. The van der Waals surface area contributed by atoms with Crippen LogP contribution in [0.5, 0.6) is 17.2 Å². The molecule has 0 bridgehead atoms. The molecular weight excluding hydrogens is 500 g/mol. The Morgan fingerprint density at radius 2 is 1.84 bits per heavy atom. The topological polar surface area (TPSA) is 86.2 Å². The van der Waals surface area contributed by atoms with Crippen molar-refractivity contribution in [1.29, 1.82) is 0 Å². The highest BCUT2D eigenvalue weighted by Crippen LogP contribution is 2.31. The number of nitrogens with one attached hydrogen (secondary N) is 1. The minimum absolute atomic E-state index is 0.0654. The van der Waals surface area contributed by atoms with Crippen LogP contribution in [0, 0.1) is 0 Å². The van der Waals surface area contributed by atoms with Gasteiger partial charge >= 0.3 is 5.97 Å². The molecule has 1 aliphatic rings. The molecule has 4 rings (SSSR count). The summed E-state index contributed by atoms with van der Waals surface area (Å²) in [6.07, 6.45) is 0.525. The van der Waals surface area contributed by atoms with Gasteiger partial charge in [-0.15, -0.1) is 0 Å². The average Bonchev–Trinajstić information content (AvgIpc) is 2.80. The maximum atomic E-state index is 12.5. The lowest BCUT2D eigenvalue weighted by atomic mass is 10.2. The summed E-state index contributed by atoms with van der Waals surface area (Å²) in [5.41, 5.74) is 3.12. The van der Waals surface area contributed by atoms with Gasteiger partial charge in [0.15, 0.2) is 11.5 Å². The Bertz CT molecular complexity index is 1200. The van der Waals surface area contributed by atoms with Crippen molar-refractivity contribution in [2.45, 2.75) is 6.10 Å². The molecule has 0 aromatic heterocycles. The first-order chi connectivity index (χ1) is 15.5. The van der Waals surface area contributed by atoms with Gasteiger partial charge in [-0.2, -0.15) is 5.10 Å². The zero-order valence-corrected chi connectivity index (χ0v) is 18.8. The standard InChI is InChI=1S/C23H16BrClN2O5/c24-15-9-10-18(32-23(29)16-5-1-2-6-17(16)25)14(11-15)12-26-27-22(28)21-13-30-19-7-3-4-8-20(19)31-21/h1-12,21H,13H2,(H,27,28)/b26-12+/t21-/m0/s1. The Morgan fingerprint density at radius 1 is 1.09 bits per heavy atom. The normalized spacial score (nSPS) is 14.8. The maximum Gasteiger partial charge on any atom is 0.345 e. The van der Waals surface area contributed by atoms with Crippen LogP contribution in [0.2, 0.25) is 5.02 Å². The summed E-state index contributed by atoms with van der Waals surface area (Å²) in [6.45, 7) is 0.0654. The molecule has 1 N–H and O–H groups in total. The van der Waals surface area contributed by atoms with Gasteiger partial charge in [-0.05, 0) is 42.5 Å². The Balaban J connectivity index is 1.44. The fourth-order valence-corrected chi connectivity index (χ4v) is 3.47. The van der Waals surface area contributed by atoms with E-state index in [1.165, 1.54) is 6.21 Å². The third kappa shape index (κ3) is 5.09. The highest BCUT2D eigenvalue weighted by atomic mass is 79.9. The molecule has 0 unspecified atom stereocenters. The molecule has 1 atom stereocenters. The number of esters is 1. The number of para-hydroxylation sites is 2. The Kier molecular flexibility index (Phi) is 6.72. The SMILES string of the molecule is O=C(Oc1ccc(Br)cc1/C=N/NC(=O)[C@@H]1COc2ccccc2O1)c1ccccc1Cl. The number of rotatable bonds is 5. The van der Waals surface area contributed by atoms with Crippen LogP contribution in [-0.4, -0.2) is 30.8 Å². The third-order valence-electron chi connectivity index (χ3n) is 4.45. The van der Waals surface area contributed by atoms with Crippen LogP contribution < -0.4 is 19.6 Å².